The molecule has 2 aliphatic rings. The Bertz CT molecular complexity index is 1050. The van der Waals surface area contributed by atoms with E-state index in [-0.39, 0.29) is 11.2 Å². The predicted octanol–water partition coefficient (Wildman–Crippen LogP) is 5.60. The van der Waals surface area contributed by atoms with Gasteiger partial charge in [-0.1, -0.05) is 17.7 Å². The number of alkyl halides is 3. The molecule has 2 heterocycles. The van der Waals surface area contributed by atoms with E-state index in [9.17, 15) is 13.2 Å². The van der Waals surface area contributed by atoms with Gasteiger partial charge in [0.1, 0.15) is 11.4 Å². The van der Waals surface area contributed by atoms with Crippen LogP contribution in [0.5, 0.6) is 0 Å². The molecule has 5 rings (SSSR count). The number of benzene rings is 1. The zero-order valence-electron chi connectivity index (χ0n) is 14.9. The van der Waals surface area contributed by atoms with Crippen molar-refractivity contribution in [3.8, 4) is 11.1 Å². The summed E-state index contributed by atoms with van der Waals surface area (Å²) in [5.41, 5.74) is 0.287. The molecule has 0 amide bonds. The zero-order valence-corrected chi connectivity index (χ0v) is 15.7. The molecule has 146 valence electrons. The summed E-state index contributed by atoms with van der Waals surface area (Å²) in [6.45, 7) is 0. The van der Waals surface area contributed by atoms with Crippen molar-refractivity contribution in [2.75, 3.05) is 5.32 Å². The van der Waals surface area contributed by atoms with Crippen LogP contribution < -0.4 is 5.32 Å². The van der Waals surface area contributed by atoms with Gasteiger partial charge in [0, 0.05) is 18.7 Å². The van der Waals surface area contributed by atoms with Crippen LogP contribution in [0.25, 0.3) is 16.8 Å². The van der Waals surface area contributed by atoms with E-state index < -0.39 is 11.7 Å². The van der Waals surface area contributed by atoms with E-state index in [4.69, 9.17) is 11.6 Å². The van der Waals surface area contributed by atoms with Gasteiger partial charge in [0.2, 0.25) is 0 Å². The molecule has 3 aromatic rings. The molecule has 2 saturated carbocycles. The van der Waals surface area contributed by atoms with Crippen molar-refractivity contribution < 1.29 is 13.2 Å². The molecule has 0 radical (unpaired) electrons. The number of aromatic nitrogens is 3. The first kappa shape index (κ1) is 17.8. The molecule has 2 aromatic heterocycles. The summed E-state index contributed by atoms with van der Waals surface area (Å²) in [5.74, 6) is 1.09. The highest BCUT2D eigenvalue weighted by molar-refractivity contribution is 6.33. The van der Waals surface area contributed by atoms with Gasteiger partial charge in [-0.15, -0.1) is 10.2 Å². The summed E-state index contributed by atoms with van der Waals surface area (Å²) in [6, 6.07) is 6.87. The van der Waals surface area contributed by atoms with Crippen molar-refractivity contribution >= 4 is 22.9 Å². The summed E-state index contributed by atoms with van der Waals surface area (Å²) in [7, 11) is 0. The number of fused-ring (bicyclic) bond motifs is 1. The molecule has 4 nitrogen and oxygen atoms in total. The van der Waals surface area contributed by atoms with Crippen LogP contribution in [0.15, 0.2) is 30.5 Å². The molecule has 2 fully saturated rings. The Morgan fingerprint density at radius 1 is 1.11 bits per heavy atom. The number of pyridine rings is 1. The van der Waals surface area contributed by atoms with Crippen LogP contribution in [0.4, 0.5) is 18.9 Å². The lowest BCUT2D eigenvalue weighted by molar-refractivity contribution is -0.136. The van der Waals surface area contributed by atoms with Gasteiger partial charge < -0.3 is 5.32 Å². The van der Waals surface area contributed by atoms with Crippen LogP contribution in [0.2, 0.25) is 5.02 Å². The third kappa shape index (κ3) is 3.32. The fourth-order valence-corrected chi connectivity index (χ4v) is 3.73. The molecule has 1 aromatic carbocycles. The Morgan fingerprint density at radius 2 is 1.89 bits per heavy atom. The average Bonchev–Trinajstić information content (AvgIpc) is 3.56. The van der Waals surface area contributed by atoms with E-state index >= 15 is 0 Å². The zero-order chi connectivity index (χ0) is 19.5. The van der Waals surface area contributed by atoms with E-state index in [0.717, 1.165) is 31.4 Å². The summed E-state index contributed by atoms with van der Waals surface area (Å²) in [5, 5.41) is 11.6. The standard InChI is InChI=1S/C20H18ClF3N4/c21-15-10-12(3-6-16(15)25-13-4-5-13)14-7-8-28-17(9-11-1-2-11)26-27-19(28)18(14)20(22,23)24/h3,6-8,10-11,13,25H,1-2,4-5,9H2. The van der Waals surface area contributed by atoms with Gasteiger partial charge in [0.25, 0.3) is 0 Å². The van der Waals surface area contributed by atoms with Gasteiger partial charge in [0.15, 0.2) is 5.65 Å². The highest BCUT2D eigenvalue weighted by Crippen LogP contribution is 2.41. The minimum Gasteiger partial charge on any atom is -0.381 e. The van der Waals surface area contributed by atoms with Crippen molar-refractivity contribution in [3.05, 3.63) is 46.9 Å². The first-order chi connectivity index (χ1) is 13.4. The number of nitrogens with zero attached hydrogens (tertiary/aromatic N) is 3. The highest BCUT2D eigenvalue weighted by atomic mass is 35.5. The van der Waals surface area contributed by atoms with E-state index in [2.05, 4.69) is 15.5 Å². The molecule has 0 spiro atoms. The molecule has 2 aliphatic carbocycles. The second-order valence-corrected chi connectivity index (χ2v) is 8.08. The minimum atomic E-state index is -4.56. The molecule has 0 atom stereocenters. The normalized spacial score (nSPS) is 17.3. The van der Waals surface area contributed by atoms with Gasteiger partial charge in [-0.2, -0.15) is 13.2 Å². The van der Waals surface area contributed by atoms with E-state index in [1.807, 2.05) is 0 Å². The lowest BCUT2D eigenvalue weighted by Gasteiger charge is -2.15. The molecule has 8 heteroatoms. The van der Waals surface area contributed by atoms with Crippen molar-refractivity contribution in [3.63, 3.8) is 0 Å². The van der Waals surface area contributed by atoms with Crippen LogP contribution in [0, 0.1) is 5.92 Å². The van der Waals surface area contributed by atoms with Crippen molar-refractivity contribution in [2.24, 2.45) is 5.92 Å². The van der Waals surface area contributed by atoms with Crippen LogP contribution in [0.1, 0.15) is 37.1 Å². The molecular formula is C20H18ClF3N4. The molecule has 28 heavy (non-hydrogen) atoms. The Kier molecular flexibility index (Phi) is 4.05. The first-order valence-corrected chi connectivity index (χ1v) is 9.78. The van der Waals surface area contributed by atoms with Crippen molar-refractivity contribution in [2.45, 2.75) is 44.3 Å². The SMILES string of the molecule is FC(F)(F)c1c(-c2ccc(NC3CC3)c(Cl)c2)ccn2c(CC3CC3)nnc12. The number of nitrogens with one attached hydrogen (secondary N) is 1. The first-order valence-electron chi connectivity index (χ1n) is 9.40. The van der Waals surface area contributed by atoms with Gasteiger partial charge in [-0.05, 0) is 60.9 Å². The number of halogens is 4. The van der Waals surface area contributed by atoms with Gasteiger partial charge >= 0.3 is 6.18 Å². The quantitative estimate of drug-likeness (QED) is 0.600. The van der Waals surface area contributed by atoms with Gasteiger partial charge in [0.05, 0.1) is 10.7 Å². The third-order valence-electron chi connectivity index (χ3n) is 5.32. The minimum absolute atomic E-state index is 0.0604. The topological polar surface area (TPSA) is 42.2 Å². The molecule has 0 unspecified atom stereocenters. The maximum absolute atomic E-state index is 14.0. The second-order valence-electron chi connectivity index (χ2n) is 7.67. The molecular weight excluding hydrogens is 389 g/mol. The van der Waals surface area contributed by atoms with E-state index in [0.29, 0.717) is 34.8 Å². The number of rotatable bonds is 5. The Labute approximate surface area is 164 Å². The highest BCUT2D eigenvalue weighted by Gasteiger charge is 2.38. The number of hydrogen-bond acceptors (Lipinski definition) is 3. The summed E-state index contributed by atoms with van der Waals surface area (Å²) < 4.78 is 43.4. The molecule has 0 aliphatic heterocycles. The van der Waals surface area contributed by atoms with Crippen molar-refractivity contribution in [1.29, 1.82) is 0 Å². The number of hydrogen-bond donors (Lipinski definition) is 1. The smallest absolute Gasteiger partial charge is 0.381 e. The monoisotopic (exact) mass is 406 g/mol. The maximum atomic E-state index is 14.0. The lowest BCUT2D eigenvalue weighted by atomic mass is 10.0. The predicted molar refractivity (Wildman–Crippen MR) is 102 cm³/mol. The largest absolute Gasteiger partial charge is 0.420 e. The fourth-order valence-electron chi connectivity index (χ4n) is 3.49. The molecule has 0 bridgehead atoms. The van der Waals surface area contributed by atoms with Crippen LogP contribution in [-0.4, -0.2) is 20.6 Å². The van der Waals surface area contributed by atoms with Gasteiger partial charge in [-0.3, -0.25) is 4.40 Å². The maximum Gasteiger partial charge on any atom is 0.420 e. The molecule has 1 N–H and O–H groups in total. The summed E-state index contributed by atoms with van der Waals surface area (Å²) in [4.78, 5) is 0. The summed E-state index contributed by atoms with van der Waals surface area (Å²) in [6.07, 6.45) is 2.09. The fraction of sp³-hybridized carbons (Fsp3) is 0.400. The Hall–Kier alpha value is -2.28. The van der Waals surface area contributed by atoms with Crippen LogP contribution >= 0.6 is 11.6 Å². The summed E-state index contributed by atoms with van der Waals surface area (Å²) >= 11 is 6.33. The molecule has 0 saturated heterocycles. The lowest BCUT2D eigenvalue weighted by Crippen LogP contribution is -2.11. The van der Waals surface area contributed by atoms with Gasteiger partial charge in [-0.25, -0.2) is 0 Å². The van der Waals surface area contributed by atoms with Crippen LogP contribution in [-0.2, 0) is 12.6 Å². The van der Waals surface area contributed by atoms with E-state index in [1.54, 1.807) is 24.4 Å². The Balaban J connectivity index is 1.61. The average molecular weight is 407 g/mol. The van der Waals surface area contributed by atoms with E-state index in [1.165, 1.54) is 10.5 Å². The second kappa shape index (κ2) is 6.37. The third-order valence-corrected chi connectivity index (χ3v) is 5.63. The van der Waals surface area contributed by atoms with Crippen molar-refractivity contribution in [1.82, 2.24) is 14.6 Å². The number of anilines is 1. The Morgan fingerprint density at radius 3 is 2.54 bits per heavy atom. The van der Waals surface area contributed by atoms with Crippen LogP contribution in [0.3, 0.4) is 0 Å².